The molecule has 0 aromatic heterocycles. The Morgan fingerprint density at radius 2 is 1.88 bits per heavy atom. The molecule has 1 aromatic rings. The number of dihydropyridines is 1. The normalized spacial score (nSPS) is 14.9. The van der Waals surface area contributed by atoms with Crippen LogP contribution in [0.2, 0.25) is 0 Å². The zero-order valence-corrected chi connectivity index (χ0v) is 9.58. The van der Waals surface area contributed by atoms with Crippen molar-refractivity contribution in [3.8, 4) is 5.75 Å². The van der Waals surface area contributed by atoms with Crippen LogP contribution in [0.25, 0.3) is 0 Å². The molecule has 0 unspecified atom stereocenters. The Labute approximate surface area is 95.6 Å². The summed E-state index contributed by atoms with van der Waals surface area (Å²) in [5.41, 5.74) is 8.72. The van der Waals surface area contributed by atoms with Crippen LogP contribution < -0.4 is 15.8 Å². The average molecular weight is 216 g/mol. The molecule has 0 fully saturated rings. The van der Waals surface area contributed by atoms with Crippen LogP contribution in [0.15, 0.2) is 41.9 Å². The topological polar surface area (TPSA) is 47.3 Å². The lowest BCUT2D eigenvalue weighted by atomic mass is 10.1. The Bertz CT molecular complexity index is 441. The van der Waals surface area contributed by atoms with Gasteiger partial charge in [0.25, 0.3) is 0 Å². The van der Waals surface area contributed by atoms with Crippen LogP contribution >= 0.6 is 0 Å². The third-order valence-electron chi connectivity index (χ3n) is 2.54. The number of ether oxygens (including phenoxy) is 1. The summed E-state index contributed by atoms with van der Waals surface area (Å²) < 4.78 is 5.82. The average Bonchev–Trinajstić information content (AvgIpc) is 2.26. The van der Waals surface area contributed by atoms with E-state index < -0.39 is 0 Å². The largest absolute Gasteiger partial charge is 0.441 e. The molecule has 2 rings (SSSR count). The number of aryl methyl sites for hydroxylation is 2. The van der Waals surface area contributed by atoms with Crippen molar-refractivity contribution in [2.45, 2.75) is 13.8 Å². The summed E-state index contributed by atoms with van der Waals surface area (Å²) in [4.78, 5) is 0. The third-order valence-corrected chi connectivity index (χ3v) is 2.54. The summed E-state index contributed by atoms with van der Waals surface area (Å²) >= 11 is 0. The van der Waals surface area contributed by atoms with Gasteiger partial charge in [-0.3, -0.25) is 0 Å². The summed E-state index contributed by atoms with van der Waals surface area (Å²) in [5.74, 6) is 1.65. The first-order valence-corrected chi connectivity index (χ1v) is 5.31. The number of rotatable bonds is 2. The minimum absolute atomic E-state index is 0.636. The lowest BCUT2D eigenvalue weighted by molar-refractivity contribution is 0.378. The standard InChI is InChI=1S/C13H16N2O/c1-9-4-3-5-10(2)13(9)16-12-7-6-11(14)8-15-12/h3-7,15H,8,14H2,1-2H3. The molecule has 0 atom stereocenters. The molecule has 3 nitrogen and oxygen atoms in total. The first kappa shape index (κ1) is 10.6. The van der Waals surface area contributed by atoms with E-state index >= 15 is 0 Å². The van der Waals surface area contributed by atoms with Crippen molar-refractivity contribution in [2.24, 2.45) is 5.73 Å². The Morgan fingerprint density at radius 1 is 1.19 bits per heavy atom. The fourth-order valence-corrected chi connectivity index (χ4v) is 1.63. The summed E-state index contributed by atoms with van der Waals surface area (Å²) in [6.07, 6.45) is 3.71. The molecule has 0 spiro atoms. The number of nitrogens with one attached hydrogen (secondary N) is 1. The maximum Gasteiger partial charge on any atom is 0.193 e. The van der Waals surface area contributed by atoms with Crippen molar-refractivity contribution in [2.75, 3.05) is 6.54 Å². The maximum absolute atomic E-state index is 5.82. The highest BCUT2D eigenvalue weighted by Gasteiger charge is 2.08. The van der Waals surface area contributed by atoms with Crippen molar-refractivity contribution >= 4 is 0 Å². The lowest BCUT2D eigenvalue weighted by Crippen LogP contribution is -2.26. The molecular formula is C13H16N2O. The van der Waals surface area contributed by atoms with Crippen LogP contribution in [-0.2, 0) is 0 Å². The molecule has 1 heterocycles. The third kappa shape index (κ3) is 2.19. The predicted octanol–water partition coefficient (Wildman–Crippen LogP) is 1.97. The van der Waals surface area contributed by atoms with E-state index in [1.165, 1.54) is 0 Å². The molecule has 3 heteroatoms. The molecule has 0 saturated heterocycles. The predicted molar refractivity (Wildman–Crippen MR) is 64.9 cm³/mol. The molecule has 0 radical (unpaired) electrons. The number of hydrogen-bond acceptors (Lipinski definition) is 3. The van der Waals surface area contributed by atoms with Crippen LogP contribution in [0.5, 0.6) is 5.75 Å². The minimum atomic E-state index is 0.636. The number of benzene rings is 1. The molecule has 1 aliphatic rings. The second-order valence-electron chi connectivity index (χ2n) is 3.95. The van der Waals surface area contributed by atoms with Gasteiger partial charge in [-0.15, -0.1) is 0 Å². The van der Waals surface area contributed by atoms with Crippen LogP contribution in [0.1, 0.15) is 11.1 Å². The molecule has 0 bridgehead atoms. The van der Waals surface area contributed by atoms with E-state index in [4.69, 9.17) is 10.5 Å². The fourth-order valence-electron chi connectivity index (χ4n) is 1.63. The van der Waals surface area contributed by atoms with Gasteiger partial charge in [0.15, 0.2) is 5.88 Å². The van der Waals surface area contributed by atoms with Gasteiger partial charge >= 0.3 is 0 Å². The van der Waals surface area contributed by atoms with Gasteiger partial charge in [0.2, 0.25) is 0 Å². The Kier molecular flexibility index (Phi) is 2.86. The Balaban J connectivity index is 2.22. The monoisotopic (exact) mass is 216 g/mol. The van der Waals surface area contributed by atoms with Crippen molar-refractivity contribution in [1.29, 1.82) is 0 Å². The number of nitrogens with two attached hydrogens (primary N) is 1. The molecule has 3 N–H and O–H groups in total. The van der Waals surface area contributed by atoms with Gasteiger partial charge in [-0.2, -0.15) is 0 Å². The smallest absolute Gasteiger partial charge is 0.193 e. The van der Waals surface area contributed by atoms with Crippen LogP contribution in [-0.4, -0.2) is 6.54 Å². The van der Waals surface area contributed by atoms with Gasteiger partial charge in [0.05, 0.1) is 6.54 Å². The molecule has 16 heavy (non-hydrogen) atoms. The van der Waals surface area contributed by atoms with E-state index in [1.54, 1.807) is 0 Å². The van der Waals surface area contributed by atoms with E-state index in [9.17, 15) is 0 Å². The van der Waals surface area contributed by atoms with Crippen molar-refractivity contribution in [1.82, 2.24) is 5.32 Å². The van der Waals surface area contributed by atoms with Gasteiger partial charge in [-0.05, 0) is 31.1 Å². The molecule has 0 aliphatic carbocycles. The molecule has 1 aromatic carbocycles. The summed E-state index contributed by atoms with van der Waals surface area (Å²) in [7, 11) is 0. The second-order valence-corrected chi connectivity index (χ2v) is 3.95. The van der Waals surface area contributed by atoms with Gasteiger partial charge in [-0.1, -0.05) is 18.2 Å². The fraction of sp³-hybridized carbons (Fsp3) is 0.231. The summed E-state index contributed by atoms with van der Waals surface area (Å²) in [6.45, 7) is 4.71. The van der Waals surface area contributed by atoms with Gasteiger partial charge in [0.1, 0.15) is 5.75 Å². The maximum atomic E-state index is 5.82. The van der Waals surface area contributed by atoms with E-state index in [0.717, 1.165) is 28.5 Å². The highest BCUT2D eigenvalue weighted by molar-refractivity contribution is 5.41. The zero-order chi connectivity index (χ0) is 11.5. The van der Waals surface area contributed by atoms with Crippen LogP contribution in [0.3, 0.4) is 0 Å². The summed E-state index contributed by atoms with van der Waals surface area (Å²) in [6, 6.07) is 6.10. The SMILES string of the molecule is Cc1cccc(C)c1OC1=CC=C(N)CN1. The Morgan fingerprint density at radius 3 is 2.44 bits per heavy atom. The first-order valence-electron chi connectivity index (χ1n) is 5.31. The van der Waals surface area contributed by atoms with Gasteiger partial charge in [0, 0.05) is 11.8 Å². The zero-order valence-electron chi connectivity index (χ0n) is 9.58. The lowest BCUT2D eigenvalue weighted by Gasteiger charge is -2.18. The molecular weight excluding hydrogens is 200 g/mol. The first-order chi connectivity index (χ1) is 7.66. The molecule has 0 saturated carbocycles. The minimum Gasteiger partial charge on any atom is -0.441 e. The van der Waals surface area contributed by atoms with Crippen LogP contribution in [0.4, 0.5) is 0 Å². The molecule has 84 valence electrons. The number of para-hydroxylation sites is 1. The van der Waals surface area contributed by atoms with E-state index in [2.05, 4.69) is 5.32 Å². The van der Waals surface area contributed by atoms with E-state index in [1.807, 2.05) is 44.2 Å². The highest BCUT2D eigenvalue weighted by atomic mass is 16.5. The van der Waals surface area contributed by atoms with Gasteiger partial charge in [-0.25, -0.2) is 0 Å². The van der Waals surface area contributed by atoms with Crippen molar-refractivity contribution in [3.63, 3.8) is 0 Å². The molecule has 1 aliphatic heterocycles. The number of hydrogen-bond donors (Lipinski definition) is 2. The number of allylic oxidation sites excluding steroid dienone is 2. The highest BCUT2D eigenvalue weighted by Crippen LogP contribution is 2.24. The Hall–Kier alpha value is -1.90. The molecule has 0 amide bonds. The quantitative estimate of drug-likeness (QED) is 0.794. The summed E-state index contributed by atoms with van der Waals surface area (Å²) in [5, 5.41) is 3.12. The van der Waals surface area contributed by atoms with Crippen molar-refractivity contribution < 1.29 is 4.74 Å². The van der Waals surface area contributed by atoms with Crippen molar-refractivity contribution in [3.05, 3.63) is 53.1 Å². The van der Waals surface area contributed by atoms with Gasteiger partial charge < -0.3 is 15.8 Å². The van der Waals surface area contributed by atoms with Crippen LogP contribution in [0, 0.1) is 13.8 Å². The second kappa shape index (κ2) is 4.31. The van der Waals surface area contributed by atoms with E-state index in [0.29, 0.717) is 6.54 Å². The van der Waals surface area contributed by atoms with E-state index in [-0.39, 0.29) is 0 Å².